The van der Waals surface area contributed by atoms with E-state index < -0.39 is 15.1 Å². The summed E-state index contributed by atoms with van der Waals surface area (Å²) in [5.41, 5.74) is 2.83. The lowest BCUT2D eigenvalue weighted by atomic mass is 10.1. The van der Waals surface area contributed by atoms with Crippen LogP contribution in [0.4, 0.5) is 10.1 Å². The first-order valence-corrected chi connectivity index (χ1v) is 10.7. The number of benzene rings is 2. The van der Waals surface area contributed by atoms with Gasteiger partial charge in [-0.2, -0.15) is 0 Å². The van der Waals surface area contributed by atoms with Crippen LogP contribution in [0.1, 0.15) is 25.0 Å². The van der Waals surface area contributed by atoms with Crippen LogP contribution in [0.15, 0.2) is 52.5 Å². The lowest BCUT2D eigenvalue weighted by Gasteiger charge is -2.15. The van der Waals surface area contributed by atoms with E-state index >= 15 is 0 Å². The van der Waals surface area contributed by atoms with Crippen molar-refractivity contribution in [3.63, 3.8) is 0 Å². The molecule has 150 valence electrons. The largest absolute Gasteiger partial charge is 0.495 e. The fourth-order valence-corrected chi connectivity index (χ4v) is 4.50. The first kappa shape index (κ1) is 19.3. The van der Waals surface area contributed by atoms with Crippen molar-refractivity contribution in [3.05, 3.63) is 59.5 Å². The predicted molar refractivity (Wildman–Crippen MR) is 111 cm³/mol. The van der Waals surface area contributed by atoms with Crippen LogP contribution in [-0.2, 0) is 16.4 Å². The summed E-state index contributed by atoms with van der Waals surface area (Å²) < 4.78 is 44.7. The summed E-state index contributed by atoms with van der Waals surface area (Å²) in [6, 6.07) is 9.48. The molecule has 1 aliphatic heterocycles. The van der Waals surface area contributed by atoms with E-state index in [2.05, 4.69) is 15.3 Å². The van der Waals surface area contributed by atoms with Gasteiger partial charge < -0.3 is 10.1 Å². The highest BCUT2D eigenvalue weighted by Crippen LogP contribution is 2.34. The molecule has 0 spiro atoms. The van der Waals surface area contributed by atoms with Crippen molar-refractivity contribution < 1.29 is 17.5 Å². The minimum absolute atomic E-state index is 0.110. The third kappa shape index (κ3) is 3.33. The quantitative estimate of drug-likeness (QED) is 0.701. The molecular weight excluding hydrogens is 393 g/mol. The lowest BCUT2D eigenvalue weighted by molar-refractivity contribution is 0.403. The molecule has 3 aromatic rings. The smallest absolute Gasteiger partial charge is 0.184 e. The Morgan fingerprint density at radius 1 is 1.17 bits per heavy atom. The number of aliphatic imine (C=N–C) groups is 1. The molecule has 0 radical (unpaired) electrons. The van der Waals surface area contributed by atoms with E-state index in [0.29, 0.717) is 34.5 Å². The molecule has 29 heavy (non-hydrogen) atoms. The molecule has 2 aromatic carbocycles. The van der Waals surface area contributed by atoms with Gasteiger partial charge in [0.2, 0.25) is 0 Å². The van der Waals surface area contributed by atoms with Crippen LogP contribution < -0.4 is 10.1 Å². The number of hydrogen-bond acceptors (Lipinski definition) is 6. The zero-order valence-electron chi connectivity index (χ0n) is 16.2. The second-order valence-electron chi connectivity index (χ2n) is 7.06. The van der Waals surface area contributed by atoms with E-state index in [1.807, 2.05) is 0 Å². The van der Waals surface area contributed by atoms with Gasteiger partial charge in [0.05, 0.1) is 30.1 Å². The summed E-state index contributed by atoms with van der Waals surface area (Å²) in [6.45, 7) is 3.71. The van der Waals surface area contributed by atoms with E-state index in [0.717, 1.165) is 5.56 Å². The van der Waals surface area contributed by atoms with Gasteiger partial charge in [0.15, 0.2) is 9.84 Å². The Morgan fingerprint density at radius 2 is 1.97 bits per heavy atom. The zero-order chi connectivity index (χ0) is 20.8. The first-order valence-electron chi connectivity index (χ1n) is 9.12. The Kier molecular flexibility index (Phi) is 4.74. The Labute approximate surface area is 168 Å². The summed E-state index contributed by atoms with van der Waals surface area (Å²) in [5, 5.41) is 3.23. The molecule has 0 saturated carbocycles. The Balaban J connectivity index is 1.84. The van der Waals surface area contributed by atoms with Crippen molar-refractivity contribution in [2.45, 2.75) is 30.5 Å². The normalized spacial score (nSPS) is 13.5. The second-order valence-corrected chi connectivity index (χ2v) is 9.54. The van der Waals surface area contributed by atoms with Gasteiger partial charge in [0.25, 0.3) is 0 Å². The predicted octanol–water partition coefficient (Wildman–Crippen LogP) is 3.94. The summed E-state index contributed by atoms with van der Waals surface area (Å²) >= 11 is 0. The zero-order valence-corrected chi connectivity index (χ0v) is 17.0. The summed E-state index contributed by atoms with van der Waals surface area (Å²) in [4.78, 5) is 8.90. The molecule has 0 aliphatic carbocycles. The highest BCUT2D eigenvalue weighted by atomic mass is 32.2. The number of sulfone groups is 1. The average molecular weight is 413 g/mol. The lowest BCUT2D eigenvalue weighted by Crippen LogP contribution is -2.16. The maximum absolute atomic E-state index is 13.7. The van der Waals surface area contributed by atoms with E-state index in [9.17, 15) is 12.8 Å². The van der Waals surface area contributed by atoms with Crippen LogP contribution in [0.3, 0.4) is 0 Å². The molecule has 0 bridgehead atoms. The molecule has 0 unspecified atom stereocenters. The third-order valence-electron chi connectivity index (χ3n) is 4.94. The summed E-state index contributed by atoms with van der Waals surface area (Å²) in [7, 11) is -2.14. The standard InChI is InChI=1S/C21H20FN3O3S/c1-12(2)29(26,27)20-9-16-17(6-7-23-18(16)10-19(20)28-3)25-21-15-8-14(22)5-4-13(15)11-24-21/h4-10,12H,11H2,1-3H3,(H,23,24,25). The fraction of sp³-hybridized carbons (Fsp3) is 0.238. The van der Waals surface area contributed by atoms with Gasteiger partial charge in [0, 0.05) is 23.2 Å². The minimum Gasteiger partial charge on any atom is -0.495 e. The fourth-order valence-electron chi connectivity index (χ4n) is 3.29. The number of anilines is 1. The van der Waals surface area contributed by atoms with Gasteiger partial charge in [-0.05, 0) is 43.7 Å². The van der Waals surface area contributed by atoms with Crippen LogP contribution in [-0.4, -0.2) is 31.6 Å². The number of rotatable bonds is 4. The van der Waals surface area contributed by atoms with Crippen LogP contribution in [0.25, 0.3) is 10.9 Å². The summed E-state index contributed by atoms with van der Waals surface area (Å²) in [5.74, 6) is 0.451. The molecule has 0 atom stereocenters. The molecule has 4 rings (SSSR count). The SMILES string of the molecule is COc1cc2nccc(NC3=NCc4ccc(F)cc43)c2cc1S(=O)(=O)C(C)C. The van der Waals surface area contributed by atoms with E-state index in [-0.39, 0.29) is 16.5 Å². The average Bonchev–Trinajstić information content (AvgIpc) is 3.09. The van der Waals surface area contributed by atoms with E-state index in [1.165, 1.54) is 19.2 Å². The van der Waals surface area contributed by atoms with Crippen molar-refractivity contribution in [2.75, 3.05) is 12.4 Å². The molecule has 0 saturated heterocycles. The minimum atomic E-state index is -3.57. The number of amidine groups is 1. The second kappa shape index (κ2) is 7.11. The third-order valence-corrected chi connectivity index (χ3v) is 7.11. The van der Waals surface area contributed by atoms with Crippen molar-refractivity contribution in [1.82, 2.24) is 4.98 Å². The van der Waals surface area contributed by atoms with Gasteiger partial charge >= 0.3 is 0 Å². The van der Waals surface area contributed by atoms with E-state index in [1.54, 1.807) is 44.3 Å². The topological polar surface area (TPSA) is 80.7 Å². The number of pyridine rings is 1. The first-order chi connectivity index (χ1) is 13.8. The van der Waals surface area contributed by atoms with Crippen molar-refractivity contribution in [3.8, 4) is 5.75 Å². The number of aromatic nitrogens is 1. The molecule has 2 heterocycles. The van der Waals surface area contributed by atoms with Crippen molar-refractivity contribution >= 4 is 32.3 Å². The molecule has 1 aliphatic rings. The van der Waals surface area contributed by atoms with Crippen LogP contribution in [0.5, 0.6) is 5.75 Å². The maximum atomic E-state index is 13.7. The van der Waals surface area contributed by atoms with Gasteiger partial charge in [-0.1, -0.05) is 6.07 Å². The highest BCUT2D eigenvalue weighted by Gasteiger charge is 2.25. The molecule has 0 amide bonds. The molecule has 0 fully saturated rings. The molecular formula is C21H20FN3O3S. The molecule has 1 aromatic heterocycles. The molecule has 1 N–H and O–H groups in total. The van der Waals surface area contributed by atoms with Gasteiger partial charge in [0.1, 0.15) is 22.3 Å². The highest BCUT2D eigenvalue weighted by molar-refractivity contribution is 7.92. The van der Waals surface area contributed by atoms with Crippen molar-refractivity contribution in [2.24, 2.45) is 4.99 Å². The van der Waals surface area contributed by atoms with Gasteiger partial charge in [-0.3, -0.25) is 9.98 Å². The number of nitrogens with zero attached hydrogens (tertiary/aromatic N) is 2. The number of fused-ring (bicyclic) bond motifs is 2. The number of ether oxygens (including phenoxy) is 1. The number of halogens is 1. The molecule has 6 nitrogen and oxygen atoms in total. The maximum Gasteiger partial charge on any atom is 0.184 e. The number of hydrogen-bond donors (Lipinski definition) is 1. The summed E-state index contributed by atoms with van der Waals surface area (Å²) in [6.07, 6.45) is 1.61. The van der Waals surface area contributed by atoms with Crippen LogP contribution in [0, 0.1) is 5.82 Å². The Hall–Kier alpha value is -3.00. The van der Waals surface area contributed by atoms with Crippen molar-refractivity contribution in [1.29, 1.82) is 0 Å². The Morgan fingerprint density at radius 3 is 2.69 bits per heavy atom. The Bertz CT molecular complexity index is 1250. The van der Waals surface area contributed by atoms with E-state index in [4.69, 9.17) is 4.74 Å². The molecule has 8 heteroatoms. The monoisotopic (exact) mass is 413 g/mol. The van der Waals surface area contributed by atoms with Gasteiger partial charge in [-0.25, -0.2) is 12.8 Å². The van der Waals surface area contributed by atoms with Crippen LogP contribution >= 0.6 is 0 Å². The number of nitrogens with one attached hydrogen (secondary N) is 1. The van der Waals surface area contributed by atoms with Gasteiger partial charge in [-0.15, -0.1) is 0 Å². The van der Waals surface area contributed by atoms with Crippen LogP contribution in [0.2, 0.25) is 0 Å². The number of methoxy groups -OCH3 is 1.